The molecule has 2 atom stereocenters. The van der Waals surface area contributed by atoms with Crippen LogP contribution >= 0.6 is 0 Å². The van der Waals surface area contributed by atoms with Crippen LogP contribution in [0, 0.1) is 6.92 Å². The molecule has 1 aliphatic carbocycles. The highest BCUT2D eigenvalue weighted by Gasteiger charge is 2.36. The lowest BCUT2D eigenvalue weighted by Gasteiger charge is -2.20. The maximum Gasteiger partial charge on any atom is 0.416 e. The van der Waals surface area contributed by atoms with E-state index in [1.54, 1.807) is 50.2 Å². The lowest BCUT2D eigenvalue weighted by atomic mass is 9.91. The van der Waals surface area contributed by atoms with Gasteiger partial charge in [0, 0.05) is 24.0 Å². The first-order valence-electron chi connectivity index (χ1n) is 13.6. The Labute approximate surface area is 236 Å². The first-order chi connectivity index (χ1) is 19.3. The molecular weight excluding hydrogens is 537 g/mol. The Morgan fingerprint density at radius 3 is 2.46 bits per heavy atom. The molecule has 0 spiro atoms. The maximum atomic E-state index is 14.0. The molecule has 218 valence electrons. The van der Waals surface area contributed by atoms with Crippen molar-refractivity contribution in [3.05, 3.63) is 76.3 Å². The summed E-state index contributed by atoms with van der Waals surface area (Å²) in [5.41, 5.74) is 2.51. The van der Waals surface area contributed by atoms with Gasteiger partial charge in [0.1, 0.15) is 23.4 Å². The van der Waals surface area contributed by atoms with Crippen LogP contribution in [0.5, 0.6) is 17.2 Å². The number of halogens is 3. The second-order valence-corrected chi connectivity index (χ2v) is 11.4. The molecule has 1 unspecified atom stereocenters. The van der Waals surface area contributed by atoms with Crippen molar-refractivity contribution < 1.29 is 42.4 Å². The highest BCUT2D eigenvalue weighted by molar-refractivity contribution is 5.74. The molecule has 2 aliphatic rings. The van der Waals surface area contributed by atoms with E-state index in [1.165, 1.54) is 12.1 Å². The van der Waals surface area contributed by atoms with Crippen LogP contribution < -0.4 is 14.2 Å². The van der Waals surface area contributed by atoms with Gasteiger partial charge < -0.3 is 24.4 Å². The summed E-state index contributed by atoms with van der Waals surface area (Å²) < 4.78 is 59.8. The highest BCUT2D eigenvalue weighted by atomic mass is 19.4. The van der Waals surface area contributed by atoms with Crippen LogP contribution in [-0.2, 0) is 17.4 Å². The van der Waals surface area contributed by atoms with Crippen molar-refractivity contribution in [1.82, 2.24) is 0 Å². The van der Waals surface area contributed by atoms with E-state index in [0.29, 0.717) is 59.8 Å². The SMILES string of the molecule is Cc1cc(OCCC(C)(C)O)ccc1-c1cc(C(F)(F)F)cc2c1CC[C@H]2Oc1ccc2c(c1)OCC2CC(=O)O. The largest absolute Gasteiger partial charge is 0.493 e. The standard InChI is InChI=1S/C32H33F3O6/c1-18-12-21(39-11-10-31(2,3)38)4-6-23(18)26-14-20(32(33,34)35)15-27-25(26)8-9-28(27)41-22-5-7-24-19(13-30(36)37)17-40-29(24)16-22/h4-7,12,14-16,19,28,38H,8-11,13,17H2,1-3H3,(H,36,37)/t19?,28-/m1/s1. The fourth-order valence-corrected chi connectivity index (χ4v) is 5.54. The van der Waals surface area contributed by atoms with Gasteiger partial charge in [0.25, 0.3) is 0 Å². The molecule has 3 aromatic rings. The molecule has 0 radical (unpaired) electrons. The van der Waals surface area contributed by atoms with E-state index in [1.807, 2.05) is 6.92 Å². The minimum absolute atomic E-state index is 0.0421. The Morgan fingerprint density at radius 2 is 1.78 bits per heavy atom. The molecule has 3 aromatic carbocycles. The lowest BCUT2D eigenvalue weighted by Crippen LogP contribution is -2.21. The summed E-state index contributed by atoms with van der Waals surface area (Å²) in [4.78, 5) is 11.1. The van der Waals surface area contributed by atoms with Gasteiger partial charge in [-0.1, -0.05) is 12.1 Å². The van der Waals surface area contributed by atoms with Crippen molar-refractivity contribution in [2.24, 2.45) is 0 Å². The fraction of sp³-hybridized carbons (Fsp3) is 0.406. The molecule has 0 saturated carbocycles. The third-order valence-electron chi connectivity index (χ3n) is 7.65. The van der Waals surface area contributed by atoms with Gasteiger partial charge in [-0.15, -0.1) is 0 Å². The summed E-state index contributed by atoms with van der Waals surface area (Å²) in [6.45, 7) is 5.82. The van der Waals surface area contributed by atoms with Crippen molar-refractivity contribution in [3.63, 3.8) is 0 Å². The number of carboxylic acid groups (broad SMARTS) is 1. The number of hydrogen-bond acceptors (Lipinski definition) is 5. The molecule has 6 nitrogen and oxygen atoms in total. The van der Waals surface area contributed by atoms with E-state index in [9.17, 15) is 23.1 Å². The monoisotopic (exact) mass is 570 g/mol. The highest BCUT2D eigenvalue weighted by Crippen LogP contribution is 2.46. The Kier molecular flexibility index (Phi) is 7.68. The number of carboxylic acids is 1. The first-order valence-corrected chi connectivity index (χ1v) is 13.6. The molecule has 0 fully saturated rings. The van der Waals surface area contributed by atoms with E-state index < -0.39 is 29.4 Å². The fourth-order valence-electron chi connectivity index (χ4n) is 5.54. The molecule has 0 amide bonds. The quantitative estimate of drug-likeness (QED) is 0.282. The first kappa shape index (κ1) is 28.8. The summed E-state index contributed by atoms with van der Waals surface area (Å²) in [7, 11) is 0. The van der Waals surface area contributed by atoms with Gasteiger partial charge in [-0.05, 0) is 91.8 Å². The minimum atomic E-state index is -4.54. The van der Waals surface area contributed by atoms with Crippen LogP contribution in [0.15, 0.2) is 48.5 Å². The number of ether oxygens (including phenoxy) is 3. The third kappa shape index (κ3) is 6.45. The molecule has 2 N–H and O–H groups in total. The number of rotatable bonds is 9. The van der Waals surface area contributed by atoms with Crippen molar-refractivity contribution in [1.29, 1.82) is 0 Å². The van der Waals surface area contributed by atoms with Gasteiger partial charge in [0.15, 0.2) is 0 Å². The van der Waals surface area contributed by atoms with E-state index in [2.05, 4.69) is 0 Å². The number of aliphatic hydroxyl groups is 1. The van der Waals surface area contributed by atoms with E-state index >= 15 is 0 Å². The van der Waals surface area contributed by atoms with E-state index in [4.69, 9.17) is 19.3 Å². The molecule has 1 heterocycles. The van der Waals surface area contributed by atoms with Gasteiger partial charge in [-0.25, -0.2) is 0 Å². The van der Waals surface area contributed by atoms with Crippen molar-refractivity contribution >= 4 is 5.97 Å². The van der Waals surface area contributed by atoms with Crippen LogP contribution in [-0.4, -0.2) is 35.0 Å². The van der Waals surface area contributed by atoms with Crippen LogP contribution in [0.25, 0.3) is 11.1 Å². The summed E-state index contributed by atoms with van der Waals surface area (Å²) in [5, 5.41) is 19.0. The lowest BCUT2D eigenvalue weighted by molar-refractivity contribution is -0.138. The smallest absolute Gasteiger partial charge is 0.416 e. The number of alkyl halides is 3. The zero-order valence-corrected chi connectivity index (χ0v) is 23.2. The normalized spacial score (nSPS) is 18.0. The van der Waals surface area contributed by atoms with Crippen molar-refractivity contribution in [2.75, 3.05) is 13.2 Å². The van der Waals surface area contributed by atoms with Gasteiger partial charge in [-0.3, -0.25) is 4.79 Å². The average Bonchev–Trinajstić information content (AvgIpc) is 3.46. The predicted octanol–water partition coefficient (Wildman–Crippen LogP) is 7.24. The second kappa shape index (κ2) is 10.9. The molecule has 0 aromatic heterocycles. The molecule has 41 heavy (non-hydrogen) atoms. The number of hydrogen-bond donors (Lipinski definition) is 2. The van der Waals surface area contributed by atoms with Crippen LogP contribution in [0.1, 0.15) is 72.9 Å². The van der Waals surface area contributed by atoms with Gasteiger partial charge in [0.2, 0.25) is 0 Å². The topological polar surface area (TPSA) is 85.2 Å². The molecule has 1 aliphatic heterocycles. The summed E-state index contributed by atoms with van der Waals surface area (Å²) >= 11 is 0. The minimum Gasteiger partial charge on any atom is -0.493 e. The second-order valence-electron chi connectivity index (χ2n) is 11.4. The number of aryl methyl sites for hydroxylation is 1. The van der Waals surface area contributed by atoms with E-state index in [0.717, 1.165) is 16.7 Å². The predicted molar refractivity (Wildman–Crippen MR) is 147 cm³/mol. The molecule has 5 rings (SSSR count). The van der Waals surface area contributed by atoms with Gasteiger partial charge in [0.05, 0.1) is 30.8 Å². The zero-order chi connectivity index (χ0) is 29.5. The Bertz CT molecular complexity index is 1460. The van der Waals surface area contributed by atoms with Crippen LogP contribution in [0.3, 0.4) is 0 Å². The Balaban J connectivity index is 1.43. The van der Waals surface area contributed by atoms with Crippen LogP contribution in [0.2, 0.25) is 0 Å². The summed E-state index contributed by atoms with van der Waals surface area (Å²) in [6.07, 6.45) is -3.65. The Hall–Kier alpha value is -3.72. The molecular formula is C32H33F3O6. The van der Waals surface area contributed by atoms with Crippen molar-refractivity contribution in [3.8, 4) is 28.4 Å². The number of fused-ring (bicyclic) bond motifs is 2. The van der Waals surface area contributed by atoms with Crippen LogP contribution in [0.4, 0.5) is 13.2 Å². The number of benzene rings is 3. The number of aliphatic carboxylic acids is 1. The molecule has 0 saturated heterocycles. The Morgan fingerprint density at radius 1 is 1.02 bits per heavy atom. The van der Waals surface area contributed by atoms with E-state index in [-0.39, 0.29) is 18.9 Å². The third-order valence-corrected chi connectivity index (χ3v) is 7.65. The van der Waals surface area contributed by atoms with Gasteiger partial charge in [-0.2, -0.15) is 13.2 Å². The summed E-state index contributed by atoms with van der Waals surface area (Å²) in [6, 6.07) is 12.9. The maximum absolute atomic E-state index is 14.0. The summed E-state index contributed by atoms with van der Waals surface area (Å²) in [5.74, 6) is 0.429. The van der Waals surface area contributed by atoms with Gasteiger partial charge >= 0.3 is 12.1 Å². The number of carbonyl (C=O) groups is 1. The van der Waals surface area contributed by atoms with Crippen molar-refractivity contribution in [2.45, 2.75) is 70.3 Å². The average molecular weight is 571 g/mol. The zero-order valence-electron chi connectivity index (χ0n) is 23.2. The molecule has 0 bridgehead atoms. The molecule has 9 heteroatoms.